The Kier molecular flexibility index (Phi) is 7.63. The molecular formula is C20H22N6O2S2. The number of thiocarbonyl (C=S) groups is 1. The fourth-order valence-electron chi connectivity index (χ4n) is 2.60. The summed E-state index contributed by atoms with van der Waals surface area (Å²) in [4.78, 5) is 12.2. The first-order valence-corrected chi connectivity index (χ1v) is 10.6. The van der Waals surface area contributed by atoms with Gasteiger partial charge in [-0.15, -0.1) is 10.2 Å². The molecule has 1 aromatic heterocycles. The van der Waals surface area contributed by atoms with Gasteiger partial charge in [-0.1, -0.05) is 30.0 Å². The van der Waals surface area contributed by atoms with Crippen LogP contribution in [0.15, 0.2) is 59.8 Å². The third-order valence-corrected chi connectivity index (χ3v) is 5.16. The molecule has 156 valence electrons. The monoisotopic (exact) mass is 442 g/mol. The number of amides is 1. The van der Waals surface area contributed by atoms with Crippen molar-refractivity contribution in [1.82, 2.24) is 30.9 Å². The predicted molar refractivity (Wildman–Crippen MR) is 122 cm³/mol. The molecule has 2 aromatic carbocycles. The summed E-state index contributed by atoms with van der Waals surface area (Å²) in [5, 5.41) is 12.6. The number of nitrogens with zero attached hydrogens (tertiary/aromatic N) is 3. The molecule has 3 N–H and O–H groups in total. The van der Waals surface area contributed by atoms with Crippen molar-refractivity contribution in [2.45, 2.75) is 12.1 Å². The topological polar surface area (TPSA) is 93.1 Å². The first kappa shape index (κ1) is 21.6. The van der Waals surface area contributed by atoms with Crippen LogP contribution >= 0.6 is 24.0 Å². The van der Waals surface area contributed by atoms with E-state index in [0.29, 0.717) is 22.6 Å². The Labute approximate surface area is 184 Å². The van der Waals surface area contributed by atoms with Crippen molar-refractivity contribution in [3.05, 3.63) is 54.6 Å². The van der Waals surface area contributed by atoms with Crippen LogP contribution in [0.3, 0.4) is 0 Å². The number of hydrogen-bond acceptors (Lipinski definition) is 6. The van der Waals surface area contributed by atoms with E-state index < -0.39 is 0 Å². The molecule has 0 saturated heterocycles. The van der Waals surface area contributed by atoms with Gasteiger partial charge in [-0.2, -0.15) is 0 Å². The number of thioether (sulfide) groups is 1. The molecule has 0 saturated carbocycles. The average Bonchev–Trinajstić information content (AvgIpc) is 3.21. The van der Waals surface area contributed by atoms with Crippen LogP contribution in [0, 0.1) is 0 Å². The Balaban J connectivity index is 1.80. The van der Waals surface area contributed by atoms with Gasteiger partial charge in [0.05, 0.1) is 12.9 Å². The summed E-state index contributed by atoms with van der Waals surface area (Å²) in [6.07, 6.45) is 0. The van der Waals surface area contributed by atoms with Crippen LogP contribution in [0.5, 0.6) is 5.75 Å². The molecule has 0 unspecified atom stereocenters. The van der Waals surface area contributed by atoms with Gasteiger partial charge in [0.1, 0.15) is 5.75 Å². The molecule has 8 nitrogen and oxygen atoms in total. The highest BCUT2D eigenvalue weighted by atomic mass is 32.2. The van der Waals surface area contributed by atoms with Crippen LogP contribution < -0.4 is 20.9 Å². The van der Waals surface area contributed by atoms with Gasteiger partial charge in [-0.3, -0.25) is 20.2 Å². The van der Waals surface area contributed by atoms with E-state index in [2.05, 4.69) is 26.4 Å². The van der Waals surface area contributed by atoms with Gasteiger partial charge in [0, 0.05) is 17.8 Å². The fourth-order valence-corrected chi connectivity index (χ4v) is 3.54. The normalized spacial score (nSPS) is 10.3. The van der Waals surface area contributed by atoms with Crippen molar-refractivity contribution in [2.24, 2.45) is 0 Å². The number of aromatic nitrogens is 3. The van der Waals surface area contributed by atoms with Crippen molar-refractivity contribution in [2.75, 3.05) is 19.4 Å². The summed E-state index contributed by atoms with van der Waals surface area (Å²) in [7, 11) is 1.63. The Morgan fingerprint density at radius 2 is 1.83 bits per heavy atom. The van der Waals surface area contributed by atoms with Crippen LogP contribution in [-0.4, -0.2) is 45.2 Å². The summed E-state index contributed by atoms with van der Waals surface area (Å²) in [6.45, 7) is 2.59. The predicted octanol–water partition coefficient (Wildman–Crippen LogP) is 2.55. The number of rotatable bonds is 7. The van der Waals surface area contributed by atoms with Crippen molar-refractivity contribution < 1.29 is 9.53 Å². The number of para-hydroxylation sites is 1. The lowest BCUT2D eigenvalue weighted by Gasteiger charge is -2.11. The minimum Gasteiger partial charge on any atom is -0.497 e. The lowest BCUT2D eigenvalue weighted by atomic mass is 10.2. The van der Waals surface area contributed by atoms with Crippen molar-refractivity contribution in [3.63, 3.8) is 0 Å². The minimum absolute atomic E-state index is 0.148. The largest absolute Gasteiger partial charge is 0.497 e. The lowest BCUT2D eigenvalue weighted by molar-refractivity contribution is -0.119. The first-order chi connectivity index (χ1) is 14.6. The van der Waals surface area contributed by atoms with Crippen LogP contribution in [0.1, 0.15) is 6.92 Å². The molecule has 0 aliphatic heterocycles. The maximum Gasteiger partial charge on any atom is 0.248 e. The molecule has 0 atom stereocenters. The molecule has 10 heteroatoms. The van der Waals surface area contributed by atoms with Crippen LogP contribution in [0.2, 0.25) is 0 Å². The Bertz CT molecular complexity index is 992. The molecule has 0 fully saturated rings. The molecule has 0 bridgehead atoms. The van der Waals surface area contributed by atoms with E-state index >= 15 is 0 Å². The summed E-state index contributed by atoms with van der Waals surface area (Å²) >= 11 is 6.32. The number of ether oxygens (including phenoxy) is 1. The Hall–Kier alpha value is -3.11. The molecule has 1 amide bonds. The fraction of sp³-hybridized carbons (Fsp3) is 0.200. The highest BCUT2D eigenvalue weighted by molar-refractivity contribution is 7.99. The highest BCUT2D eigenvalue weighted by Gasteiger charge is 2.17. The molecule has 30 heavy (non-hydrogen) atoms. The molecule has 0 radical (unpaired) electrons. The van der Waals surface area contributed by atoms with Crippen molar-refractivity contribution >= 4 is 35.0 Å². The zero-order chi connectivity index (χ0) is 21.3. The summed E-state index contributed by atoms with van der Waals surface area (Å²) in [5.74, 6) is 1.36. The third-order valence-electron chi connectivity index (χ3n) is 3.98. The molecule has 0 aliphatic carbocycles. The number of hydrogen-bond donors (Lipinski definition) is 3. The number of carbonyl (C=O) groups is 1. The summed E-state index contributed by atoms with van der Waals surface area (Å²) in [5.41, 5.74) is 7.02. The van der Waals surface area contributed by atoms with Gasteiger partial charge in [0.25, 0.3) is 0 Å². The molecule has 3 aromatic rings. The van der Waals surface area contributed by atoms with Gasteiger partial charge in [-0.25, -0.2) is 0 Å². The highest BCUT2D eigenvalue weighted by Crippen LogP contribution is 2.28. The summed E-state index contributed by atoms with van der Waals surface area (Å²) in [6, 6.07) is 17.4. The van der Waals surface area contributed by atoms with E-state index in [1.54, 1.807) is 7.11 Å². The standard InChI is InChI=1S/C20H22N6O2S2/c1-3-21-19(29)24-22-17(27)13-30-20-25-23-18(14-9-11-16(28-2)12-10-14)26(20)15-7-5-4-6-8-15/h4-12H,3,13H2,1-2H3,(H,22,27)(H2,21,24,29). The molecule has 0 aliphatic rings. The van der Waals surface area contributed by atoms with E-state index in [1.807, 2.05) is 66.1 Å². The quantitative estimate of drug-likeness (QED) is 0.292. The van der Waals surface area contributed by atoms with Gasteiger partial charge >= 0.3 is 0 Å². The first-order valence-electron chi connectivity index (χ1n) is 9.23. The Morgan fingerprint density at radius 3 is 2.50 bits per heavy atom. The van der Waals surface area contributed by atoms with Gasteiger partial charge in [0.15, 0.2) is 16.1 Å². The average molecular weight is 443 g/mol. The second kappa shape index (κ2) is 10.6. The number of carbonyl (C=O) groups excluding carboxylic acids is 1. The van der Waals surface area contributed by atoms with E-state index in [9.17, 15) is 4.79 Å². The maximum absolute atomic E-state index is 12.2. The molecular weight excluding hydrogens is 420 g/mol. The lowest BCUT2D eigenvalue weighted by Crippen LogP contribution is -2.47. The van der Waals surface area contributed by atoms with Gasteiger partial charge in [-0.05, 0) is 55.5 Å². The van der Waals surface area contributed by atoms with E-state index in [-0.39, 0.29) is 11.7 Å². The smallest absolute Gasteiger partial charge is 0.248 e. The van der Waals surface area contributed by atoms with E-state index in [1.165, 1.54) is 11.8 Å². The minimum atomic E-state index is -0.228. The van der Waals surface area contributed by atoms with Crippen LogP contribution in [0.25, 0.3) is 17.1 Å². The van der Waals surface area contributed by atoms with E-state index in [0.717, 1.165) is 17.0 Å². The van der Waals surface area contributed by atoms with Gasteiger partial charge < -0.3 is 10.1 Å². The second-order valence-electron chi connectivity index (χ2n) is 6.03. The van der Waals surface area contributed by atoms with Crippen LogP contribution in [0.4, 0.5) is 0 Å². The summed E-state index contributed by atoms with van der Waals surface area (Å²) < 4.78 is 7.16. The third kappa shape index (κ3) is 5.49. The maximum atomic E-state index is 12.2. The number of methoxy groups -OCH3 is 1. The van der Waals surface area contributed by atoms with E-state index in [4.69, 9.17) is 17.0 Å². The molecule has 3 rings (SSSR count). The number of benzene rings is 2. The number of hydrazine groups is 1. The molecule has 0 spiro atoms. The zero-order valence-corrected chi connectivity index (χ0v) is 18.2. The Morgan fingerprint density at radius 1 is 1.10 bits per heavy atom. The van der Waals surface area contributed by atoms with Crippen molar-refractivity contribution in [1.29, 1.82) is 0 Å². The molecule has 1 heterocycles. The van der Waals surface area contributed by atoms with Crippen molar-refractivity contribution in [3.8, 4) is 22.8 Å². The SMILES string of the molecule is CCNC(=S)NNC(=O)CSc1nnc(-c2ccc(OC)cc2)n1-c1ccccc1. The zero-order valence-electron chi connectivity index (χ0n) is 16.6. The van der Waals surface area contributed by atoms with Crippen LogP contribution in [-0.2, 0) is 4.79 Å². The second-order valence-corrected chi connectivity index (χ2v) is 7.38. The number of nitrogens with one attached hydrogen (secondary N) is 3. The van der Waals surface area contributed by atoms with Gasteiger partial charge in [0.2, 0.25) is 5.91 Å².